The van der Waals surface area contributed by atoms with E-state index in [1.807, 2.05) is 18.2 Å². The predicted octanol–water partition coefficient (Wildman–Crippen LogP) is 2.96. The molecule has 0 bridgehead atoms. The number of hydrogen-bond donors (Lipinski definition) is 0. The second kappa shape index (κ2) is 5.70. The van der Waals surface area contributed by atoms with Gasteiger partial charge >= 0.3 is 0 Å². The first-order valence-corrected chi connectivity index (χ1v) is 6.26. The summed E-state index contributed by atoms with van der Waals surface area (Å²) in [4.78, 5) is 12.3. The lowest BCUT2D eigenvalue weighted by Gasteiger charge is -2.31. The molecule has 100 valence electrons. The zero-order valence-corrected chi connectivity index (χ0v) is 11.6. The summed E-state index contributed by atoms with van der Waals surface area (Å²) in [5.74, 6) is -0.0614. The van der Waals surface area contributed by atoms with Gasteiger partial charge in [-0.25, -0.2) is 0 Å². The van der Waals surface area contributed by atoms with Crippen molar-refractivity contribution < 1.29 is 14.3 Å². The summed E-state index contributed by atoms with van der Waals surface area (Å²) < 4.78 is 10.5. The summed E-state index contributed by atoms with van der Waals surface area (Å²) in [7, 11) is 3.03. The number of alkyl halides is 1. The summed E-state index contributed by atoms with van der Waals surface area (Å²) in [6, 6.07) is 9.08. The fraction of sp³-hybridized carbons (Fsp3) is 0.267. The fourth-order valence-electron chi connectivity index (χ4n) is 1.95. The van der Waals surface area contributed by atoms with Crippen LogP contribution in [0.4, 0.5) is 0 Å². The third-order valence-corrected chi connectivity index (χ3v) is 3.57. The molecule has 0 aromatic heterocycles. The second-order valence-electron chi connectivity index (χ2n) is 4.21. The molecule has 3 nitrogen and oxygen atoms in total. The standard InChI is InChI=1S/C15H15ClO3/c1-18-13-10-12(8-9-15(13,16)19-2)14(17)11-6-4-3-5-7-11/h3-10,13H,1-2H3/t13-,15-/m0/s1. The van der Waals surface area contributed by atoms with Gasteiger partial charge in [-0.1, -0.05) is 48.0 Å². The molecule has 0 heterocycles. The Bertz CT molecular complexity index is 521. The number of methoxy groups -OCH3 is 2. The smallest absolute Gasteiger partial charge is 0.192 e. The molecule has 1 aliphatic rings. The van der Waals surface area contributed by atoms with Gasteiger partial charge in [0, 0.05) is 25.4 Å². The van der Waals surface area contributed by atoms with Crippen molar-refractivity contribution in [3.8, 4) is 0 Å². The minimum absolute atomic E-state index is 0.0614. The van der Waals surface area contributed by atoms with Crippen LogP contribution in [0.25, 0.3) is 0 Å². The van der Waals surface area contributed by atoms with Gasteiger partial charge in [0.05, 0.1) is 0 Å². The van der Waals surface area contributed by atoms with E-state index in [0.717, 1.165) is 0 Å². The second-order valence-corrected chi connectivity index (χ2v) is 4.80. The summed E-state index contributed by atoms with van der Waals surface area (Å²) in [6.07, 6.45) is 4.48. The van der Waals surface area contributed by atoms with Crippen LogP contribution in [-0.2, 0) is 9.47 Å². The van der Waals surface area contributed by atoms with E-state index in [1.165, 1.54) is 14.2 Å². The van der Waals surface area contributed by atoms with Gasteiger partial charge in [0.1, 0.15) is 6.10 Å². The minimum Gasteiger partial charge on any atom is -0.373 e. The average Bonchev–Trinajstić information content (AvgIpc) is 2.48. The molecule has 4 heteroatoms. The SMILES string of the molecule is CO[C@H]1C=C(C(=O)c2ccccc2)C=C[C@]1(Cl)OC. The first-order valence-electron chi connectivity index (χ1n) is 5.88. The number of Topliss-reactive ketones (excluding diaryl/α,β-unsaturated/α-hetero) is 1. The van der Waals surface area contributed by atoms with Crippen molar-refractivity contribution in [1.82, 2.24) is 0 Å². The Balaban J connectivity index is 2.28. The first-order chi connectivity index (χ1) is 9.10. The monoisotopic (exact) mass is 278 g/mol. The van der Waals surface area contributed by atoms with Gasteiger partial charge < -0.3 is 9.47 Å². The van der Waals surface area contributed by atoms with Crippen molar-refractivity contribution in [1.29, 1.82) is 0 Å². The van der Waals surface area contributed by atoms with Crippen LogP contribution in [0.3, 0.4) is 0 Å². The molecule has 1 aliphatic carbocycles. The largest absolute Gasteiger partial charge is 0.373 e. The lowest BCUT2D eigenvalue weighted by Crippen LogP contribution is -2.39. The molecule has 2 rings (SSSR count). The molecule has 0 fully saturated rings. The molecule has 0 saturated carbocycles. The van der Waals surface area contributed by atoms with Gasteiger partial charge in [0.25, 0.3) is 0 Å². The number of ketones is 1. The number of benzene rings is 1. The number of ether oxygens (including phenoxy) is 2. The van der Waals surface area contributed by atoms with Crippen LogP contribution in [0.15, 0.2) is 54.1 Å². The van der Waals surface area contributed by atoms with Gasteiger partial charge in [-0.15, -0.1) is 0 Å². The Hall–Kier alpha value is -1.42. The van der Waals surface area contributed by atoms with Crippen molar-refractivity contribution in [2.45, 2.75) is 11.2 Å². The zero-order valence-electron chi connectivity index (χ0n) is 10.8. The van der Waals surface area contributed by atoms with Crippen LogP contribution in [0.5, 0.6) is 0 Å². The molecule has 2 atom stereocenters. The van der Waals surface area contributed by atoms with E-state index in [4.69, 9.17) is 21.1 Å². The van der Waals surface area contributed by atoms with E-state index in [9.17, 15) is 4.79 Å². The molecule has 19 heavy (non-hydrogen) atoms. The van der Waals surface area contributed by atoms with E-state index in [-0.39, 0.29) is 5.78 Å². The summed E-state index contributed by atoms with van der Waals surface area (Å²) in [5.41, 5.74) is 1.18. The molecule has 0 aliphatic heterocycles. The highest BCUT2D eigenvalue weighted by Crippen LogP contribution is 2.31. The Morgan fingerprint density at radius 3 is 2.53 bits per heavy atom. The number of carbonyl (C=O) groups excluding carboxylic acids is 1. The average molecular weight is 279 g/mol. The van der Waals surface area contributed by atoms with Crippen LogP contribution >= 0.6 is 11.6 Å². The van der Waals surface area contributed by atoms with Crippen LogP contribution in [0, 0.1) is 0 Å². The normalized spacial score (nSPS) is 26.1. The van der Waals surface area contributed by atoms with Gasteiger partial charge in [0.2, 0.25) is 0 Å². The van der Waals surface area contributed by atoms with Gasteiger partial charge in [0.15, 0.2) is 10.8 Å². The summed E-state index contributed by atoms with van der Waals surface area (Å²) in [5, 5.41) is -1.06. The number of carbonyl (C=O) groups is 1. The van der Waals surface area contributed by atoms with E-state index < -0.39 is 11.2 Å². The zero-order chi connectivity index (χ0) is 13.9. The number of hydrogen-bond acceptors (Lipinski definition) is 3. The summed E-state index contributed by atoms with van der Waals surface area (Å²) >= 11 is 6.25. The van der Waals surface area contributed by atoms with Crippen molar-refractivity contribution in [2.75, 3.05) is 14.2 Å². The number of rotatable bonds is 4. The highest BCUT2D eigenvalue weighted by Gasteiger charge is 2.36. The van der Waals surface area contributed by atoms with Crippen molar-refractivity contribution in [3.63, 3.8) is 0 Å². The van der Waals surface area contributed by atoms with Crippen LogP contribution in [0.2, 0.25) is 0 Å². The van der Waals surface area contributed by atoms with Crippen molar-refractivity contribution in [3.05, 3.63) is 59.7 Å². The Kier molecular flexibility index (Phi) is 4.20. The summed E-state index contributed by atoms with van der Waals surface area (Å²) in [6.45, 7) is 0. The van der Waals surface area contributed by atoms with Crippen molar-refractivity contribution in [2.24, 2.45) is 0 Å². The molecule has 0 N–H and O–H groups in total. The van der Waals surface area contributed by atoms with E-state index in [0.29, 0.717) is 11.1 Å². The third-order valence-electron chi connectivity index (χ3n) is 3.07. The van der Waals surface area contributed by atoms with Crippen LogP contribution in [0.1, 0.15) is 10.4 Å². The Morgan fingerprint density at radius 2 is 1.95 bits per heavy atom. The maximum absolute atomic E-state index is 12.3. The van der Waals surface area contributed by atoms with Crippen molar-refractivity contribution >= 4 is 17.4 Å². The molecule has 0 radical (unpaired) electrons. The highest BCUT2D eigenvalue weighted by molar-refractivity contribution is 6.25. The lowest BCUT2D eigenvalue weighted by molar-refractivity contribution is -0.0136. The molecule has 1 aromatic rings. The molecule has 0 unspecified atom stereocenters. The molecule has 0 amide bonds. The third kappa shape index (κ3) is 2.78. The first kappa shape index (κ1) is 14.0. The van der Waals surface area contributed by atoms with Crippen LogP contribution < -0.4 is 0 Å². The lowest BCUT2D eigenvalue weighted by atomic mass is 9.95. The maximum atomic E-state index is 12.3. The van der Waals surface area contributed by atoms with Gasteiger partial charge in [-0.05, 0) is 12.2 Å². The number of halogens is 1. The highest BCUT2D eigenvalue weighted by atomic mass is 35.5. The topological polar surface area (TPSA) is 35.5 Å². The van der Waals surface area contributed by atoms with E-state index >= 15 is 0 Å². The Morgan fingerprint density at radius 1 is 1.26 bits per heavy atom. The van der Waals surface area contributed by atoms with Gasteiger partial charge in [-0.3, -0.25) is 4.79 Å². The predicted molar refractivity (Wildman–Crippen MR) is 74.4 cm³/mol. The molecular weight excluding hydrogens is 264 g/mol. The van der Waals surface area contributed by atoms with Gasteiger partial charge in [-0.2, -0.15) is 0 Å². The molecule has 0 spiro atoms. The molecule has 1 aromatic carbocycles. The quantitative estimate of drug-likeness (QED) is 0.627. The Labute approximate surface area is 117 Å². The minimum atomic E-state index is -1.06. The maximum Gasteiger partial charge on any atom is 0.192 e. The van der Waals surface area contributed by atoms with E-state index in [2.05, 4.69) is 0 Å². The van der Waals surface area contributed by atoms with Crippen LogP contribution in [-0.4, -0.2) is 31.2 Å². The molecular formula is C15H15ClO3. The fourth-order valence-corrected chi connectivity index (χ4v) is 2.17. The van der Waals surface area contributed by atoms with E-state index in [1.54, 1.807) is 30.4 Å². The molecule has 0 saturated heterocycles. The number of allylic oxidation sites excluding steroid dienone is 2.